The number of piperazine rings is 1. The maximum atomic E-state index is 12.5. The van der Waals surface area contributed by atoms with Crippen molar-refractivity contribution >= 4 is 11.8 Å². The van der Waals surface area contributed by atoms with Crippen LogP contribution in [0.25, 0.3) is 0 Å². The molecule has 0 N–H and O–H groups in total. The summed E-state index contributed by atoms with van der Waals surface area (Å²) in [7, 11) is 0. The fourth-order valence-electron chi connectivity index (χ4n) is 3.96. The summed E-state index contributed by atoms with van der Waals surface area (Å²) >= 11 is 0. The van der Waals surface area contributed by atoms with Gasteiger partial charge in [-0.3, -0.25) is 19.4 Å². The molecule has 0 aliphatic carbocycles. The monoisotopic (exact) mass is 349 g/mol. The van der Waals surface area contributed by atoms with Gasteiger partial charge in [0.05, 0.1) is 19.0 Å². The van der Waals surface area contributed by atoms with Gasteiger partial charge in [0.15, 0.2) is 0 Å². The van der Waals surface area contributed by atoms with Crippen LogP contribution < -0.4 is 0 Å². The van der Waals surface area contributed by atoms with Crippen LogP contribution in [0, 0.1) is 17.2 Å². The first kappa shape index (κ1) is 19.7. The Kier molecular flexibility index (Phi) is 7.21. The fraction of sp³-hybridized carbons (Fsp3) is 0.833. The van der Waals surface area contributed by atoms with Crippen molar-refractivity contribution in [3.63, 3.8) is 0 Å². The SMILES string of the molecule is CCN(CCC#N)C(=O)CN1C[C@@H](C)[C@@H](N2CCN(C(C)=O)CC2)C1. The molecule has 0 aromatic rings. The molecule has 25 heavy (non-hydrogen) atoms. The summed E-state index contributed by atoms with van der Waals surface area (Å²) in [5.41, 5.74) is 0. The summed E-state index contributed by atoms with van der Waals surface area (Å²) in [5, 5.41) is 8.71. The highest BCUT2D eigenvalue weighted by molar-refractivity contribution is 5.78. The Labute approximate surface area is 151 Å². The minimum Gasteiger partial charge on any atom is -0.341 e. The van der Waals surface area contributed by atoms with E-state index in [1.165, 1.54) is 0 Å². The third-order valence-corrected chi connectivity index (χ3v) is 5.46. The Balaban J connectivity index is 1.83. The van der Waals surface area contributed by atoms with E-state index in [2.05, 4.69) is 22.8 Å². The molecular formula is C18H31N5O2. The van der Waals surface area contributed by atoms with Crippen LogP contribution in [0.1, 0.15) is 27.2 Å². The standard InChI is InChI=1S/C18H31N5O2/c1-4-21(7-5-6-19)18(25)14-20-12-15(2)17(13-20)23-10-8-22(9-11-23)16(3)24/h15,17H,4-5,7-14H2,1-3H3/t15-,17+/m1/s1. The molecule has 2 rings (SSSR count). The van der Waals surface area contributed by atoms with Crippen molar-refractivity contribution in [2.75, 3.05) is 58.9 Å². The molecule has 2 amide bonds. The molecule has 0 aromatic carbocycles. The molecule has 7 heteroatoms. The molecule has 2 atom stereocenters. The summed E-state index contributed by atoms with van der Waals surface area (Å²) in [4.78, 5) is 32.3. The van der Waals surface area contributed by atoms with Gasteiger partial charge in [-0.1, -0.05) is 6.92 Å². The number of carbonyl (C=O) groups excluding carboxylic acids is 2. The van der Waals surface area contributed by atoms with E-state index in [1.807, 2.05) is 11.8 Å². The summed E-state index contributed by atoms with van der Waals surface area (Å²) < 4.78 is 0. The number of rotatable bonds is 6. The lowest BCUT2D eigenvalue weighted by atomic mass is 10.0. The van der Waals surface area contributed by atoms with E-state index in [0.717, 1.165) is 39.3 Å². The minimum absolute atomic E-state index is 0.118. The second-order valence-corrected chi connectivity index (χ2v) is 7.16. The maximum absolute atomic E-state index is 12.5. The maximum Gasteiger partial charge on any atom is 0.236 e. The molecular weight excluding hydrogens is 318 g/mol. The van der Waals surface area contributed by atoms with Gasteiger partial charge in [0.2, 0.25) is 11.8 Å². The van der Waals surface area contributed by atoms with Crippen molar-refractivity contribution in [1.29, 1.82) is 5.26 Å². The third-order valence-electron chi connectivity index (χ3n) is 5.46. The van der Waals surface area contributed by atoms with Crippen LogP contribution in [-0.2, 0) is 9.59 Å². The summed E-state index contributed by atoms with van der Waals surface area (Å²) in [5.74, 6) is 0.793. The third kappa shape index (κ3) is 5.16. The van der Waals surface area contributed by atoms with Gasteiger partial charge in [-0.2, -0.15) is 5.26 Å². The average Bonchev–Trinajstić information content (AvgIpc) is 2.95. The number of likely N-dealkylation sites (tertiary alicyclic amines) is 1. The lowest BCUT2D eigenvalue weighted by Gasteiger charge is -2.39. The van der Waals surface area contributed by atoms with Gasteiger partial charge < -0.3 is 9.80 Å². The van der Waals surface area contributed by atoms with Crippen molar-refractivity contribution in [3.05, 3.63) is 0 Å². The molecule has 0 aromatic heterocycles. The molecule has 0 unspecified atom stereocenters. The second kappa shape index (κ2) is 9.16. The zero-order valence-electron chi connectivity index (χ0n) is 15.8. The molecule has 140 valence electrons. The Bertz CT molecular complexity index is 510. The van der Waals surface area contributed by atoms with Crippen LogP contribution in [-0.4, -0.2) is 96.4 Å². The number of carbonyl (C=O) groups is 2. The molecule has 0 radical (unpaired) electrons. The van der Waals surface area contributed by atoms with Crippen LogP contribution in [0.5, 0.6) is 0 Å². The van der Waals surface area contributed by atoms with Crippen molar-refractivity contribution < 1.29 is 9.59 Å². The first-order chi connectivity index (χ1) is 12.0. The summed E-state index contributed by atoms with van der Waals surface area (Å²) in [6.45, 7) is 12.7. The largest absolute Gasteiger partial charge is 0.341 e. The zero-order valence-corrected chi connectivity index (χ0v) is 15.8. The molecule has 0 saturated carbocycles. The molecule has 2 fully saturated rings. The van der Waals surface area contributed by atoms with E-state index in [-0.39, 0.29) is 11.8 Å². The lowest BCUT2D eigenvalue weighted by Crippen LogP contribution is -2.53. The van der Waals surface area contributed by atoms with E-state index in [1.54, 1.807) is 11.8 Å². The van der Waals surface area contributed by atoms with E-state index >= 15 is 0 Å². The van der Waals surface area contributed by atoms with E-state index < -0.39 is 0 Å². The fourth-order valence-corrected chi connectivity index (χ4v) is 3.96. The van der Waals surface area contributed by atoms with E-state index in [9.17, 15) is 9.59 Å². The molecule has 7 nitrogen and oxygen atoms in total. The van der Waals surface area contributed by atoms with Gasteiger partial charge in [0.1, 0.15) is 0 Å². The molecule has 2 aliphatic rings. The Morgan fingerprint density at radius 1 is 1.20 bits per heavy atom. The van der Waals surface area contributed by atoms with Crippen LogP contribution in [0.2, 0.25) is 0 Å². The molecule has 2 aliphatic heterocycles. The highest BCUT2D eigenvalue weighted by atomic mass is 16.2. The Morgan fingerprint density at radius 3 is 2.44 bits per heavy atom. The van der Waals surface area contributed by atoms with Gasteiger partial charge in [-0.15, -0.1) is 0 Å². The van der Waals surface area contributed by atoms with Crippen molar-refractivity contribution in [2.24, 2.45) is 5.92 Å². The number of hydrogen-bond donors (Lipinski definition) is 0. The molecule has 0 bridgehead atoms. The van der Waals surface area contributed by atoms with Gasteiger partial charge in [-0.05, 0) is 12.8 Å². The average molecular weight is 349 g/mol. The number of hydrogen-bond acceptors (Lipinski definition) is 5. The van der Waals surface area contributed by atoms with Crippen molar-refractivity contribution in [3.8, 4) is 6.07 Å². The number of nitriles is 1. The first-order valence-electron chi connectivity index (χ1n) is 9.32. The topological polar surface area (TPSA) is 70.9 Å². The molecule has 2 heterocycles. The van der Waals surface area contributed by atoms with Crippen molar-refractivity contribution in [2.45, 2.75) is 33.2 Å². The minimum atomic E-state index is 0.118. The van der Waals surface area contributed by atoms with Gasteiger partial charge in [0.25, 0.3) is 0 Å². The number of nitrogens with zero attached hydrogens (tertiary/aromatic N) is 5. The van der Waals surface area contributed by atoms with Crippen LogP contribution in [0.3, 0.4) is 0 Å². The van der Waals surface area contributed by atoms with Gasteiger partial charge in [0, 0.05) is 65.3 Å². The Morgan fingerprint density at radius 2 is 1.88 bits per heavy atom. The van der Waals surface area contributed by atoms with Gasteiger partial charge in [-0.25, -0.2) is 0 Å². The van der Waals surface area contributed by atoms with Gasteiger partial charge >= 0.3 is 0 Å². The van der Waals surface area contributed by atoms with Crippen LogP contribution in [0.15, 0.2) is 0 Å². The second-order valence-electron chi connectivity index (χ2n) is 7.16. The highest BCUT2D eigenvalue weighted by Gasteiger charge is 2.36. The first-order valence-corrected chi connectivity index (χ1v) is 9.32. The van der Waals surface area contributed by atoms with E-state index in [0.29, 0.717) is 38.0 Å². The van der Waals surface area contributed by atoms with E-state index in [4.69, 9.17) is 5.26 Å². The van der Waals surface area contributed by atoms with Crippen LogP contribution >= 0.6 is 0 Å². The molecule has 2 saturated heterocycles. The smallest absolute Gasteiger partial charge is 0.236 e. The highest BCUT2D eigenvalue weighted by Crippen LogP contribution is 2.23. The lowest BCUT2D eigenvalue weighted by molar-refractivity contribution is -0.132. The predicted molar refractivity (Wildman–Crippen MR) is 95.7 cm³/mol. The quantitative estimate of drug-likeness (QED) is 0.687. The zero-order chi connectivity index (χ0) is 18.4. The number of likely N-dealkylation sites (N-methyl/N-ethyl adjacent to an activating group) is 1. The normalized spacial score (nSPS) is 25.0. The molecule has 0 spiro atoms. The summed E-state index contributed by atoms with van der Waals surface area (Å²) in [6.07, 6.45) is 0.388. The number of amides is 2. The van der Waals surface area contributed by atoms with Crippen LogP contribution in [0.4, 0.5) is 0 Å². The predicted octanol–water partition coefficient (Wildman–Crippen LogP) is 0.233. The van der Waals surface area contributed by atoms with Crippen molar-refractivity contribution in [1.82, 2.24) is 19.6 Å². The summed E-state index contributed by atoms with van der Waals surface area (Å²) in [6, 6.07) is 2.56. The Hall–Kier alpha value is -1.65.